The van der Waals surface area contributed by atoms with Crippen molar-refractivity contribution in [1.82, 2.24) is 9.88 Å². The van der Waals surface area contributed by atoms with Crippen LogP contribution < -0.4 is 0 Å². The molecule has 1 aromatic heterocycles. The largest absolute Gasteiger partial charge is 0.437 e. The average Bonchev–Trinajstić information content (AvgIpc) is 2.54. The average molecular weight is 241 g/mol. The van der Waals surface area contributed by atoms with Crippen molar-refractivity contribution >= 4 is 17.7 Å². The van der Waals surface area contributed by atoms with Crippen LogP contribution in [-0.4, -0.2) is 28.6 Å². The molecule has 1 saturated heterocycles. The summed E-state index contributed by atoms with van der Waals surface area (Å²) in [6, 6.07) is 5.31. The highest BCUT2D eigenvalue weighted by atomic mass is 35.5. The highest BCUT2D eigenvalue weighted by Crippen LogP contribution is 2.31. The zero-order valence-corrected chi connectivity index (χ0v) is 9.94. The monoisotopic (exact) mass is 240 g/mol. The number of pyridine rings is 1. The van der Waals surface area contributed by atoms with Crippen molar-refractivity contribution in [2.75, 3.05) is 6.54 Å². The Hall–Kier alpha value is -1.29. The number of halogens is 1. The van der Waals surface area contributed by atoms with Gasteiger partial charge in [0.05, 0.1) is 11.7 Å². The van der Waals surface area contributed by atoms with Gasteiger partial charge in [-0.1, -0.05) is 17.7 Å². The Kier molecular flexibility index (Phi) is 3.01. The number of carbonyl (C=O) groups excluding carboxylic acids is 1. The van der Waals surface area contributed by atoms with Gasteiger partial charge in [0.1, 0.15) is 5.15 Å². The molecular formula is C11H13ClN2O2. The van der Waals surface area contributed by atoms with Crippen molar-refractivity contribution < 1.29 is 9.53 Å². The Balaban J connectivity index is 2.27. The minimum atomic E-state index is -0.328. The number of likely N-dealkylation sites (N-methyl/N-ethyl adjacent to an activating group) is 1. The number of hydrogen-bond acceptors (Lipinski definition) is 3. The molecule has 0 spiro atoms. The molecule has 2 atom stereocenters. The van der Waals surface area contributed by atoms with Gasteiger partial charge in [-0.3, -0.25) is 0 Å². The second kappa shape index (κ2) is 4.29. The third-order valence-corrected chi connectivity index (χ3v) is 2.97. The van der Waals surface area contributed by atoms with Crippen molar-refractivity contribution in [1.29, 1.82) is 0 Å². The van der Waals surface area contributed by atoms with Crippen LogP contribution in [0.5, 0.6) is 0 Å². The van der Waals surface area contributed by atoms with Crippen molar-refractivity contribution in [3.63, 3.8) is 0 Å². The highest BCUT2D eigenvalue weighted by molar-refractivity contribution is 6.29. The molecule has 0 bridgehead atoms. The number of hydrogen-bond donors (Lipinski definition) is 0. The lowest BCUT2D eigenvalue weighted by Crippen LogP contribution is -2.31. The maximum absolute atomic E-state index is 11.5. The van der Waals surface area contributed by atoms with E-state index >= 15 is 0 Å². The standard InChI is InChI=1S/C11H13ClN2O2/c1-3-14-7(2)10(16-11(14)15)8-5-4-6-9(12)13-8/h4-7,10H,3H2,1-2H3/t7-,10-/m0/s1. The van der Waals surface area contributed by atoms with Crippen LogP contribution >= 0.6 is 11.6 Å². The summed E-state index contributed by atoms with van der Waals surface area (Å²) in [6.45, 7) is 4.50. The fourth-order valence-corrected chi connectivity index (χ4v) is 2.08. The Morgan fingerprint density at radius 3 is 2.88 bits per heavy atom. The fraction of sp³-hybridized carbons (Fsp3) is 0.455. The third kappa shape index (κ3) is 1.85. The molecule has 4 nitrogen and oxygen atoms in total. The van der Waals surface area contributed by atoms with Crippen molar-refractivity contribution in [2.45, 2.75) is 26.0 Å². The van der Waals surface area contributed by atoms with Crippen LogP contribution in [0.2, 0.25) is 5.15 Å². The molecule has 0 unspecified atom stereocenters. The molecule has 1 fully saturated rings. The normalized spacial score (nSPS) is 24.7. The molecule has 2 rings (SSSR count). The fourth-order valence-electron chi connectivity index (χ4n) is 1.91. The van der Waals surface area contributed by atoms with Crippen LogP contribution in [0.1, 0.15) is 25.6 Å². The predicted molar refractivity (Wildman–Crippen MR) is 60.3 cm³/mol. The summed E-state index contributed by atoms with van der Waals surface area (Å²) in [6.07, 6.45) is -0.618. The van der Waals surface area contributed by atoms with Crippen LogP contribution in [-0.2, 0) is 4.74 Å². The quantitative estimate of drug-likeness (QED) is 0.747. The smallest absolute Gasteiger partial charge is 0.410 e. The molecule has 1 aliphatic rings. The van der Waals surface area contributed by atoms with Crippen LogP contribution in [0, 0.1) is 0 Å². The van der Waals surface area contributed by atoms with Gasteiger partial charge in [-0.2, -0.15) is 0 Å². The number of ether oxygens (including phenoxy) is 1. The lowest BCUT2D eigenvalue weighted by atomic mass is 10.1. The molecular weight excluding hydrogens is 228 g/mol. The number of nitrogens with zero attached hydrogens (tertiary/aromatic N) is 2. The van der Waals surface area contributed by atoms with E-state index in [2.05, 4.69) is 4.98 Å². The van der Waals surface area contributed by atoms with Gasteiger partial charge < -0.3 is 9.64 Å². The minimum Gasteiger partial charge on any atom is -0.437 e. The van der Waals surface area contributed by atoms with Crippen LogP contribution in [0.25, 0.3) is 0 Å². The molecule has 0 saturated carbocycles. The zero-order chi connectivity index (χ0) is 11.7. The van der Waals surface area contributed by atoms with Crippen molar-refractivity contribution in [3.05, 3.63) is 29.0 Å². The van der Waals surface area contributed by atoms with E-state index in [0.717, 1.165) is 0 Å². The first-order valence-corrected chi connectivity index (χ1v) is 5.61. The van der Waals surface area contributed by atoms with Crippen molar-refractivity contribution in [3.8, 4) is 0 Å². The second-order valence-corrected chi connectivity index (χ2v) is 4.10. The van der Waals surface area contributed by atoms with Crippen LogP contribution in [0.3, 0.4) is 0 Å². The lowest BCUT2D eigenvalue weighted by molar-refractivity contribution is 0.129. The highest BCUT2D eigenvalue weighted by Gasteiger charge is 2.39. The lowest BCUT2D eigenvalue weighted by Gasteiger charge is -2.18. The summed E-state index contributed by atoms with van der Waals surface area (Å²) in [5, 5.41) is 0.413. The Morgan fingerprint density at radius 1 is 1.56 bits per heavy atom. The van der Waals surface area contributed by atoms with E-state index < -0.39 is 0 Å². The van der Waals surface area contributed by atoms with Crippen LogP contribution in [0.15, 0.2) is 18.2 Å². The van der Waals surface area contributed by atoms with E-state index in [1.54, 1.807) is 17.0 Å². The molecule has 1 aromatic rings. The number of rotatable bonds is 2. The van der Waals surface area contributed by atoms with E-state index in [-0.39, 0.29) is 18.2 Å². The molecule has 5 heteroatoms. The van der Waals surface area contributed by atoms with Gasteiger partial charge in [0.2, 0.25) is 0 Å². The first kappa shape index (κ1) is 11.2. The first-order valence-electron chi connectivity index (χ1n) is 5.23. The number of cyclic esters (lactones) is 1. The molecule has 1 aliphatic heterocycles. The van der Waals surface area contributed by atoms with Gasteiger partial charge in [0, 0.05) is 6.54 Å². The Bertz CT molecular complexity index is 411. The van der Waals surface area contributed by atoms with Gasteiger partial charge >= 0.3 is 6.09 Å². The topological polar surface area (TPSA) is 42.4 Å². The number of carbonyl (C=O) groups is 1. The predicted octanol–water partition coefficient (Wildman–Crippen LogP) is 2.64. The summed E-state index contributed by atoms with van der Waals surface area (Å²) in [4.78, 5) is 17.4. The summed E-state index contributed by atoms with van der Waals surface area (Å²) >= 11 is 5.81. The molecule has 86 valence electrons. The third-order valence-electron chi connectivity index (χ3n) is 2.76. The van der Waals surface area contributed by atoms with E-state index in [1.165, 1.54) is 0 Å². The molecule has 0 radical (unpaired) electrons. The van der Waals surface area contributed by atoms with Gasteiger partial charge in [-0.15, -0.1) is 0 Å². The number of aromatic nitrogens is 1. The van der Waals surface area contributed by atoms with Crippen molar-refractivity contribution in [2.24, 2.45) is 0 Å². The van der Waals surface area contributed by atoms with E-state index in [9.17, 15) is 4.79 Å². The number of amides is 1. The summed E-state index contributed by atoms with van der Waals surface area (Å²) in [5.74, 6) is 0. The van der Waals surface area contributed by atoms with E-state index in [4.69, 9.17) is 16.3 Å². The first-order chi connectivity index (χ1) is 7.63. The van der Waals surface area contributed by atoms with E-state index in [1.807, 2.05) is 19.9 Å². The van der Waals surface area contributed by atoms with Gasteiger partial charge in [0.15, 0.2) is 6.10 Å². The summed E-state index contributed by atoms with van der Waals surface area (Å²) in [5.41, 5.74) is 0.698. The van der Waals surface area contributed by atoms with E-state index in [0.29, 0.717) is 17.4 Å². The molecule has 2 heterocycles. The summed E-state index contributed by atoms with van der Waals surface area (Å²) in [7, 11) is 0. The molecule has 0 N–H and O–H groups in total. The summed E-state index contributed by atoms with van der Waals surface area (Å²) < 4.78 is 5.28. The van der Waals surface area contributed by atoms with Gasteiger partial charge in [-0.25, -0.2) is 9.78 Å². The molecule has 16 heavy (non-hydrogen) atoms. The van der Waals surface area contributed by atoms with Crippen LogP contribution in [0.4, 0.5) is 4.79 Å². The van der Waals surface area contributed by atoms with Gasteiger partial charge in [-0.05, 0) is 26.0 Å². The molecule has 0 aliphatic carbocycles. The Morgan fingerprint density at radius 2 is 2.31 bits per heavy atom. The minimum absolute atomic E-state index is 0.0107. The Labute approximate surface area is 99.2 Å². The SMILES string of the molecule is CCN1C(=O)O[C@H](c2cccc(Cl)n2)[C@@H]1C. The zero-order valence-electron chi connectivity index (χ0n) is 9.18. The maximum Gasteiger partial charge on any atom is 0.410 e. The second-order valence-electron chi connectivity index (χ2n) is 3.72. The van der Waals surface area contributed by atoms with Gasteiger partial charge in [0.25, 0.3) is 0 Å². The molecule has 0 aromatic carbocycles. The molecule has 1 amide bonds. The maximum atomic E-state index is 11.5.